The van der Waals surface area contributed by atoms with Crippen LogP contribution in [0.25, 0.3) is 0 Å². The molecular weight excluding hydrogens is 235 g/mol. The number of halogens is 1. The molecule has 0 aliphatic carbocycles. The van der Waals surface area contributed by atoms with Crippen molar-refractivity contribution in [3.63, 3.8) is 0 Å². The lowest BCUT2D eigenvalue weighted by Crippen LogP contribution is -2.51. The first-order chi connectivity index (χ1) is 7.95. The van der Waals surface area contributed by atoms with Crippen LogP contribution in [-0.2, 0) is 9.59 Å². The van der Waals surface area contributed by atoms with Gasteiger partial charge in [0.15, 0.2) is 17.6 Å². The van der Waals surface area contributed by atoms with Crippen molar-refractivity contribution in [2.45, 2.75) is 6.10 Å². The highest BCUT2D eigenvalue weighted by Gasteiger charge is 2.16. The Morgan fingerprint density at radius 1 is 1.24 bits per heavy atom. The van der Waals surface area contributed by atoms with Crippen molar-refractivity contribution in [2.75, 3.05) is 7.11 Å². The van der Waals surface area contributed by atoms with Gasteiger partial charge < -0.3 is 29.3 Å². The molecule has 0 fully saturated rings. The first-order valence-corrected chi connectivity index (χ1v) is 4.37. The van der Waals surface area contributed by atoms with Crippen molar-refractivity contribution in [3.8, 4) is 11.5 Å². The van der Waals surface area contributed by atoms with Crippen LogP contribution >= 0.6 is 0 Å². The molecule has 0 aliphatic rings. The van der Waals surface area contributed by atoms with E-state index in [1.807, 2.05) is 0 Å². The Balaban J connectivity index is 3.00. The minimum Gasteiger partial charge on any atom is -0.546 e. The monoisotopic (exact) mass is 242 g/mol. The van der Waals surface area contributed by atoms with E-state index in [-0.39, 0.29) is 11.5 Å². The van der Waals surface area contributed by atoms with Gasteiger partial charge in [0.05, 0.1) is 19.0 Å². The van der Waals surface area contributed by atoms with E-state index in [2.05, 4.69) is 4.74 Å². The third kappa shape index (κ3) is 3.07. The number of hydrogen-bond acceptors (Lipinski definition) is 6. The summed E-state index contributed by atoms with van der Waals surface area (Å²) >= 11 is 0. The predicted molar refractivity (Wildman–Crippen MR) is 47.4 cm³/mol. The molecular formula is C10H7FO6-2. The van der Waals surface area contributed by atoms with Gasteiger partial charge in [0.2, 0.25) is 0 Å². The summed E-state index contributed by atoms with van der Waals surface area (Å²) in [7, 11) is 1.19. The molecule has 0 unspecified atom stereocenters. The number of rotatable bonds is 5. The quantitative estimate of drug-likeness (QED) is 0.558. The molecule has 0 heterocycles. The molecule has 1 aromatic rings. The highest BCUT2D eigenvalue weighted by atomic mass is 19.1. The summed E-state index contributed by atoms with van der Waals surface area (Å²) in [5.74, 6) is -4.98. The van der Waals surface area contributed by atoms with Crippen LogP contribution in [0.1, 0.15) is 0 Å². The van der Waals surface area contributed by atoms with Crippen LogP contribution in [0.15, 0.2) is 18.2 Å². The van der Waals surface area contributed by atoms with Gasteiger partial charge in [0.1, 0.15) is 5.82 Å². The number of carboxylic acids is 2. The van der Waals surface area contributed by atoms with Gasteiger partial charge in [0, 0.05) is 6.07 Å². The highest BCUT2D eigenvalue weighted by molar-refractivity contribution is 5.94. The third-order valence-electron chi connectivity index (χ3n) is 1.80. The minimum atomic E-state index is -2.30. The zero-order valence-electron chi connectivity index (χ0n) is 8.64. The van der Waals surface area contributed by atoms with Gasteiger partial charge in [-0.15, -0.1) is 0 Å². The molecule has 6 nitrogen and oxygen atoms in total. The molecule has 0 saturated carbocycles. The molecule has 1 aromatic carbocycles. The van der Waals surface area contributed by atoms with Crippen molar-refractivity contribution >= 4 is 11.9 Å². The lowest BCUT2D eigenvalue weighted by atomic mass is 10.3. The average molecular weight is 242 g/mol. The number of carbonyl (C=O) groups is 2. The fourth-order valence-electron chi connectivity index (χ4n) is 1.06. The van der Waals surface area contributed by atoms with Gasteiger partial charge in [0.25, 0.3) is 0 Å². The third-order valence-corrected chi connectivity index (χ3v) is 1.80. The van der Waals surface area contributed by atoms with Crippen LogP contribution in [0.3, 0.4) is 0 Å². The number of ether oxygens (including phenoxy) is 2. The Labute approximate surface area is 95.2 Å². The van der Waals surface area contributed by atoms with Crippen molar-refractivity contribution in [3.05, 3.63) is 24.0 Å². The van der Waals surface area contributed by atoms with Gasteiger partial charge in [-0.2, -0.15) is 0 Å². The second kappa shape index (κ2) is 5.15. The fourth-order valence-corrected chi connectivity index (χ4v) is 1.06. The van der Waals surface area contributed by atoms with E-state index in [4.69, 9.17) is 4.74 Å². The number of hydrogen-bond donors (Lipinski definition) is 0. The molecule has 1 rings (SSSR count). The molecule has 0 radical (unpaired) electrons. The second-order valence-corrected chi connectivity index (χ2v) is 2.93. The summed E-state index contributed by atoms with van der Waals surface area (Å²) in [4.78, 5) is 20.9. The van der Waals surface area contributed by atoms with Crippen LogP contribution < -0.4 is 19.7 Å². The SMILES string of the molecule is COc1cc(F)ccc1OC(C(=O)[O-])C(=O)[O-]. The highest BCUT2D eigenvalue weighted by Crippen LogP contribution is 2.28. The lowest BCUT2D eigenvalue weighted by molar-refractivity contribution is -0.334. The summed E-state index contributed by atoms with van der Waals surface area (Å²) in [6, 6.07) is 2.91. The van der Waals surface area contributed by atoms with Crippen molar-refractivity contribution in [2.24, 2.45) is 0 Å². The first kappa shape index (κ1) is 12.8. The summed E-state index contributed by atoms with van der Waals surface area (Å²) < 4.78 is 22.1. The normalized spacial score (nSPS) is 10.1. The Morgan fingerprint density at radius 3 is 2.29 bits per heavy atom. The van der Waals surface area contributed by atoms with Crippen molar-refractivity contribution in [1.82, 2.24) is 0 Å². The molecule has 7 heteroatoms. The molecule has 0 aromatic heterocycles. The largest absolute Gasteiger partial charge is 0.546 e. The van der Waals surface area contributed by atoms with Crippen LogP contribution in [-0.4, -0.2) is 25.2 Å². The zero-order valence-corrected chi connectivity index (χ0v) is 8.64. The Bertz CT molecular complexity index is 430. The maximum absolute atomic E-state index is 12.8. The average Bonchev–Trinajstić information content (AvgIpc) is 2.26. The van der Waals surface area contributed by atoms with Gasteiger partial charge in [-0.3, -0.25) is 0 Å². The number of carboxylic acid groups (broad SMARTS) is 2. The van der Waals surface area contributed by atoms with E-state index < -0.39 is 23.9 Å². The zero-order chi connectivity index (χ0) is 13.0. The van der Waals surface area contributed by atoms with Crippen LogP contribution in [0.4, 0.5) is 4.39 Å². The van der Waals surface area contributed by atoms with E-state index >= 15 is 0 Å². The smallest absolute Gasteiger partial charge is 0.177 e. The number of aliphatic carboxylic acids is 2. The summed E-state index contributed by atoms with van der Waals surface area (Å²) in [5, 5.41) is 20.9. The summed E-state index contributed by atoms with van der Waals surface area (Å²) in [6.45, 7) is 0. The van der Waals surface area contributed by atoms with Crippen LogP contribution in [0, 0.1) is 5.82 Å². The van der Waals surface area contributed by atoms with E-state index in [1.54, 1.807) is 0 Å². The molecule has 17 heavy (non-hydrogen) atoms. The molecule has 0 bridgehead atoms. The predicted octanol–water partition coefficient (Wildman–Crippen LogP) is -1.92. The number of benzene rings is 1. The van der Waals surface area contributed by atoms with Crippen LogP contribution in [0.2, 0.25) is 0 Å². The number of carbonyl (C=O) groups excluding carboxylic acids is 2. The molecule has 0 spiro atoms. The Hall–Kier alpha value is -2.31. The summed E-state index contributed by atoms with van der Waals surface area (Å²) in [5.41, 5.74) is 0. The second-order valence-electron chi connectivity index (χ2n) is 2.93. The molecule has 0 aliphatic heterocycles. The molecule has 0 saturated heterocycles. The van der Waals surface area contributed by atoms with E-state index in [9.17, 15) is 24.2 Å². The Kier molecular flexibility index (Phi) is 3.86. The van der Waals surface area contributed by atoms with Crippen molar-refractivity contribution in [1.29, 1.82) is 0 Å². The van der Waals surface area contributed by atoms with E-state index in [0.29, 0.717) is 0 Å². The molecule has 92 valence electrons. The number of methoxy groups -OCH3 is 1. The summed E-state index contributed by atoms with van der Waals surface area (Å²) in [6.07, 6.45) is -2.30. The van der Waals surface area contributed by atoms with Crippen LogP contribution in [0.5, 0.6) is 11.5 Å². The van der Waals surface area contributed by atoms with Crippen molar-refractivity contribution < 1.29 is 33.7 Å². The minimum absolute atomic E-state index is 0.141. The molecule has 0 atom stereocenters. The molecule has 0 N–H and O–H groups in total. The van der Waals surface area contributed by atoms with E-state index in [0.717, 1.165) is 18.2 Å². The topological polar surface area (TPSA) is 98.7 Å². The van der Waals surface area contributed by atoms with Gasteiger partial charge in [-0.1, -0.05) is 0 Å². The standard InChI is InChI=1S/C10H9FO6/c1-16-7-4-5(11)2-3-6(7)17-8(9(12)13)10(14)15/h2-4,8H,1H3,(H,12,13)(H,14,15)/p-2. The Morgan fingerprint density at radius 2 is 1.82 bits per heavy atom. The maximum atomic E-state index is 12.8. The van der Waals surface area contributed by atoms with Gasteiger partial charge in [-0.25, -0.2) is 4.39 Å². The fraction of sp³-hybridized carbons (Fsp3) is 0.200. The maximum Gasteiger partial charge on any atom is 0.177 e. The van der Waals surface area contributed by atoms with Gasteiger partial charge in [-0.05, 0) is 12.1 Å². The molecule has 0 amide bonds. The van der Waals surface area contributed by atoms with Gasteiger partial charge >= 0.3 is 0 Å². The first-order valence-electron chi connectivity index (χ1n) is 4.37. The lowest BCUT2D eigenvalue weighted by Gasteiger charge is -2.21. The van der Waals surface area contributed by atoms with E-state index in [1.165, 1.54) is 7.11 Å².